The van der Waals surface area contributed by atoms with Crippen LogP contribution >= 0.6 is 15.9 Å². The van der Waals surface area contributed by atoms with Gasteiger partial charge in [0.1, 0.15) is 0 Å². The van der Waals surface area contributed by atoms with E-state index in [-0.39, 0.29) is 0 Å². The first-order valence-corrected chi connectivity index (χ1v) is 33.4. The minimum atomic E-state index is -1.54. The Bertz CT molecular complexity index is 5850. The van der Waals surface area contributed by atoms with E-state index in [9.17, 15) is 10.0 Å². The first-order chi connectivity index (χ1) is 47.4. The van der Waals surface area contributed by atoms with Crippen LogP contribution in [0.1, 0.15) is 0 Å². The van der Waals surface area contributed by atoms with Gasteiger partial charge in [-0.3, -0.25) is 0 Å². The first kappa shape index (κ1) is 59.5. The normalized spacial score (nSPS) is 11.3. The summed E-state index contributed by atoms with van der Waals surface area (Å²) in [5, 5.41) is 39.5. The van der Waals surface area contributed by atoms with Crippen molar-refractivity contribution in [2.45, 2.75) is 0 Å². The molecule has 18 rings (SSSR count). The lowest BCUT2D eigenvalue weighted by Crippen LogP contribution is -2.31. The average Bonchev–Trinajstić information content (AvgIpc) is 0.740. The molecule has 2 nitrogen and oxygen atoms in total. The second-order valence-corrected chi connectivity index (χ2v) is 25.4. The van der Waals surface area contributed by atoms with Gasteiger partial charge in [-0.05, 0) is 200 Å². The SMILES string of the molecule is Brc1cccc(-c2ccc3ccc4ccccc4c3c2)c1.OB(O)c1c2ccccc2c(-c2ccccc2-c2ccccc2)c2ccccc12.c1ccc(-c2ccccc2-c2c3ccccc3c(-c3cccc(-c4ccc5ccc6ccccc6c5c4)c3)c3ccccc23)cc1. The Hall–Kier alpha value is -11.5. The maximum Gasteiger partial charge on any atom is 0.489 e. The number of rotatable bonds is 8. The molecule has 0 aliphatic rings. The van der Waals surface area contributed by atoms with Crippen molar-refractivity contribution >= 4 is 115 Å². The third kappa shape index (κ3) is 11.3. The molecule has 0 amide bonds. The van der Waals surface area contributed by atoms with Gasteiger partial charge in [0.05, 0.1) is 0 Å². The number of benzene rings is 18. The van der Waals surface area contributed by atoms with E-state index < -0.39 is 7.12 Å². The van der Waals surface area contributed by atoms with Gasteiger partial charge in [0.25, 0.3) is 0 Å². The van der Waals surface area contributed by atoms with Crippen molar-refractivity contribution in [1.29, 1.82) is 0 Å². The van der Waals surface area contributed by atoms with Gasteiger partial charge in [-0.15, -0.1) is 0 Å². The summed E-state index contributed by atoms with van der Waals surface area (Å²) in [5.74, 6) is 0. The molecule has 2 N–H and O–H groups in total. The molecule has 0 saturated heterocycles. The van der Waals surface area contributed by atoms with Gasteiger partial charge in [0, 0.05) is 4.47 Å². The summed E-state index contributed by atoms with van der Waals surface area (Å²) in [6.07, 6.45) is 0. The van der Waals surface area contributed by atoms with Gasteiger partial charge in [0.2, 0.25) is 0 Å². The maximum absolute atomic E-state index is 10.2. The number of hydrogen-bond donors (Lipinski definition) is 2. The van der Waals surface area contributed by atoms with Gasteiger partial charge in [-0.25, -0.2) is 0 Å². The second kappa shape index (κ2) is 26.1. The van der Waals surface area contributed by atoms with Crippen LogP contribution in [-0.2, 0) is 0 Å². The highest BCUT2D eigenvalue weighted by molar-refractivity contribution is 9.10. The lowest BCUT2D eigenvalue weighted by molar-refractivity contribution is 0.426. The van der Waals surface area contributed by atoms with Crippen LogP contribution in [0.25, 0.3) is 164 Å². The molecule has 18 aromatic carbocycles. The summed E-state index contributed by atoms with van der Waals surface area (Å²) >= 11 is 3.55. The number of fused-ring (bicyclic) bond motifs is 10. The molecule has 0 aliphatic carbocycles. The molecule has 0 atom stereocenters. The minimum absolute atomic E-state index is 0.553. The van der Waals surface area contributed by atoms with E-state index in [1.807, 2.05) is 54.6 Å². The quantitative estimate of drug-likeness (QED) is 0.0904. The third-order valence-electron chi connectivity index (χ3n) is 18.9. The summed E-state index contributed by atoms with van der Waals surface area (Å²) in [4.78, 5) is 0. The van der Waals surface area contributed by atoms with Crippen molar-refractivity contribution in [3.05, 3.63) is 368 Å². The molecule has 0 fully saturated rings. The fourth-order valence-electron chi connectivity index (χ4n) is 14.5. The molecule has 18 aromatic rings. The summed E-state index contributed by atoms with van der Waals surface area (Å²) in [7, 11) is -1.54. The highest BCUT2D eigenvalue weighted by Gasteiger charge is 2.24. The van der Waals surface area contributed by atoms with Crippen LogP contribution < -0.4 is 5.46 Å². The van der Waals surface area contributed by atoms with Crippen LogP contribution in [0.2, 0.25) is 0 Å². The smallest absolute Gasteiger partial charge is 0.423 e. The molecule has 0 saturated carbocycles. The lowest BCUT2D eigenvalue weighted by atomic mass is 9.72. The van der Waals surface area contributed by atoms with Crippen LogP contribution in [0.4, 0.5) is 0 Å². The Balaban J connectivity index is 0.000000124. The number of halogens is 1. The Morgan fingerprint density at radius 2 is 0.479 bits per heavy atom. The third-order valence-corrected chi connectivity index (χ3v) is 19.4. The lowest BCUT2D eigenvalue weighted by Gasteiger charge is -2.20. The molecule has 0 unspecified atom stereocenters. The zero-order chi connectivity index (χ0) is 64.5. The van der Waals surface area contributed by atoms with Gasteiger partial charge >= 0.3 is 7.12 Å². The molecule has 96 heavy (non-hydrogen) atoms. The summed E-state index contributed by atoms with van der Waals surface area (Å²) in [6.45, 7) is 0. The van der Waals surface area contributed by atoms with Crippen molar-refractivity contribution in [2.75, 3.05) is 0 Å². The van der Waals surface area contributed by atoms with Crippen molar-refractivity contribution < 1.29 is 10.0 Å². The summed E-state index contributed by atoms with van der Waals surface area (Å²) < 4.78 is 1.11. The van der Waals surface area contributed by atoms with E-state index >= 15 is 0 Å². The molecule has 0 heterocycles. The van der Waals surface area contributed by atoms with Crippen LogP contribution in [0.15, 0.2) is 368 Å². The Morgan fingerprint density at radius 3 is 0.906 bits per heavy atom. The molecular formula is C92H62BBrO2. The zero-order valence-corrected chi connectivity index (χ0v) is 54.1. The zero-order valence-electron chi connectivity index (χ0n) is 52.5. The van der Waals surface area contributed by atoms with Gasteiger partial charge in [-0.2, -0.15) is 0 Å². The minimum Gasteiger partial charge on any atom is -0.423 e. The molecule has 0 spiro atoms. The van der Waals surface area contributed by atoms with Crippen molar-refractivity contribution in [1.82, 2.24) is 0 Å². The number of hydrogen-bond acceptors (Lipinski definition) is 2. The van der Waals surface area contributed by atoms with E-state index in [0.717, 1.165) is 48.3 Å². The van der Waals surface area contributed by atoms with Crippen LogP contribution in [0.3, 0.4) is 0 Å². The van der Waals surface area contributed by atoms with E-state index in [0.29, 0.717) is 5.46 Å². The predicted molar refractivity (Wildman–Crippen MR) is 415 cm³/mol. The monoisotopic (exact) mass is 1290 g/mol. The van der Waals surface area contributed by atoms with Crippen molar-refractivity contribution in [2.24, 2.45) is 0 Å². The molecule has 0 bridgehead atoms. The fourth-order valence-corrected chi connectivity index (χ4v) is 14.9. The standard InChI is InChI=1S/C46H30.C26H19BO2.C20H13Br/c1-2-13-31(14-3-1)37-18-6-7-20-39(37)46-42-23-10-8-21-40(42)45(41-22-9-11-24-43(41)46)36-17-12-16-34(29-36)35-28-27-33-26-25-32-15-4-5-19-38(32)44(33)30-35;28-27(29)26-23-16-8-6-14-21(23)25(22-15-7-9-17-24(22)26)20-13-5-4-12-19(20)18-10-2-1-3-11-18;21-18-6-3-5-16(12-18)17-11-10-15-9-8-14-4-1-2-7-19(14)20(15)13-17/h1-30H;1-17,28-29H;1-13H. The predicted octanol–water partition coefficient (Wildman–Crippen LogP) is 24.4. The van der Waals surface area contributed by atoms with E-state index in [2.05, 4.69) is 325 Å². The Labute approximate surface area is 567 Å². The van der Waals surface area contributed by atoms with Gasteiger partial charge in [0.15, 0.2) is 0 Å². The summed E-state index contributed by atoms with van der Waals surface area (Å²) in [6, 6.07) is 129. The first-order valence-electron chi connectivity index (χ1n) is 32.6. The fraction of sp³-hybridized carbons (Fsp3) is 0. The molecule has 0 aliphatic heterocycles. The van der Waals surface area contributed by atoms with Crippen molar-refractivity contribution in [3.63, 3.8) is 0 Å². The van der Waals surface area contributed by atoms with E-state index in [1.54, 1.807) is 0 Å². The second-order valence-electron chi connectivity index (χ2n) is 24.5. The van der Waals surface area contributed by atoms with E-state index in [4.69, 9.17) is 0 Å². The molecule has 0 aromatic heterocycles. The molecular weight excluding hydrogens is 1230 g/mol. The Kier molecular flexibility index (Phi) is 16.2. The maximum atomic E-state index is 10.2. The topological polar surface area (TPSA) is 40.5 Å². The van der Waals surface area contributed by atoms with Crippen LogP contribution in [-0.4, -0.2) is 17.2 Å². The van der Waals surface area contributed by atoms with Crippen LogP contribution in [0, 0.1) is 0 Å². The largest absolute Gasteiger partial charge is 0.489 e. The molecule has 0 radical (unpaired) electrons. The highest BCUT2D eigenvalue weighted by atomic mass is 79.9. The Morgan fingerprint density at radius 1 is 0.188 bits per heavy atom. The average molecular weight is 1290 g/mol. The van der Waals surface area contributed by atoms with E-state index in [1.165, 1.54) is 120 Å². The molecule has 4 heteroatoms. The van der Waals surface area contributed by atoms with Crippen LogP contribution in [0.5, 0.6) is 0 Å². The summed E-state index contributed by atoms with van der Waals surface area (Å²) in [5.41, 5.74) is 17.6. The van der Waals surface area contributed by atoms with Gasteiger partial charge in [-0.1, -0.05) is 350 Å². The van der Waals surface area contributed by atoms with Gasteiger partial charge < -0.3 is 10.0 Å². The van der Waals surface area contributed by atoms with Crippen molar-refractivity contribution in [3.8, 4) is 77.9 Å². The molecule has 452 valence electrons. The highest BCUT2D eigenvalue weighted by Crippen LogP contribution is 2.47.